The van der Waals surface area contributed by atoms with Gasteiger partial charge in [0.05, 0.1) is 60.7 Å². The van der Waals surface area contributed by atoms with Gasteiger partial charge < -0.3 is 104 Å². The van der Waals surface area contributed by atoms with Gasteiger partial charge in [0.25, 0.3) is 0 Å². The standard InChI is InChI=1S/C94H100O28Si/c1-55(95)101-50-49-94(5,6)92(100)120-78-74(119-90-79(112-82(98)58-37-21-11-22-38-58)75(122-123(7,8)93(2,3)4)71-67(108-90)54-105-87(116-71)63-47-31-16-32-48-63)70-65(52-103-86(115-70)62-45-29-15-30-46-62)107-89(78)118-72-68-64(51-102-84(113-68)60-41-25-13-26-42-60)106-88(76(72)110-80(96)56-33-17-9-18-34-56)117-73-69-66(53-104-85(114-69)61-43-27-14-28-44-61)109-91(121-83(99)59-39-23-12-24-40-59)77(73)111-81(97)57-35-19-10-20-36-57/h9-48,64-79,84-91H,49-54H2,1-8H3/t64-,65-,66-,67-,68-,69-,70-,71-,72+,73+,74+,75+,76-,77-,78-,79-,84-,85-,86-,87-,88+,89+,90+,91-/m1/s1. The minimum absolute atomic E-state index is 0.0502. The molecule has 0 unspecified atom stereocenters. The van der Waals surface area contributed by atoms with Crippen LogP contribution in [0.2, 0.25) is 18.1 Å². The lowest BCUT2D eigenvalue weighted by Crippen LogP contribution is -2.71. The Morgan fingerprint density at radius 1 is 0.325 bits per heavy atom. The molecule has 8 aliphatic heterocycles. The molecule has 8 aromatic carbocycles. The topological polar surface area (TPSA) is 305 Å². The van der Waals surface area contributed by atoms with Gasteiger partial charge >= 0.3 is 35.8 Å². The number of carbonyl (C=O) groups excluding carboxylic acids is 6. The normalized spacial score (nSPS) is 31.3. The van der Waals surface area contributed by atoms with E-state index in [0.717, 1.165) is 0 Å². The van der Waals surface area contributed by atoms with Crippen molar-refractivity contribution in [3.8, 4) is 0 Å². The summed E-state index contributed by atoms with van der Waals surface area (Å²) in [5.74, 6) is -4.99. The highest BCUT2D eigenvalue weighted by molar-refractivity contribution is 6.74. The average Bonchev–Trinajstić information content (AvgIpc) is 0.741. The average molecular weight is 1710 g/mol. The number of rotatable bonds is 25. The molecule has 8 aliphatic rings. The van der Waals surface area contributed by atoms with Crippen LogP contribution in [-0.4, -0.2) is 200 Å². The number of hydrogen-bond acceptors (Lipinski definition) is 28. The van der Waals surface area contributed by atoms with Crippen LogP contribution in [-0.2, 0) is 113 Å². The van der Waals surface area contributed by atoms with Crippen LogP contribution in [0, 0.1) is 5.41 Å². The number of benzene rings is 8. The van der Waals surface area contributed by atoms with Gasteiger partial charge in [-0.1, -0.05) is 215 Å². The zero-order valence-electron chi connectivity index (χ0n) is 69.1. The first-order valence-electron chi connectivity index (χ1n) is 41.4. The smallest absolute Gasteiger partial charge is 0.340 e. The van der Waals surface area contributed by atoms with Crippen molar-refractivity contribution in [3.05, 3.63) is 287 Å². The number of esters is 6. The SMILES string of the molecule is CC(=O)OCCC(C)(C)C(=O)O[C@H]1[C@H](O[C@@H]2[C@@H](OC(=O)c3ccccc3)[C@H](O[C@@H]3[C@@H](OC(=O)c4ccccc4)[C@@H](OC(=O)c4ccccc4)O[C@@H]4CO[C@@H](c5ccccc5)O[C@@H]34)O[C@@H]3CO[C@@H](c4ccccc4)O[C@@H]23)O[C@@H]2CO[C@@H](c3ccccc3)O[C@H]2[C@@H]1O[C@@H]1O[C@@H]2CO[C@@H](c3ccccc3)O[C@H]2[C@H](O[Si](C)(C)C(C)(C)C)[C@H]1OC(=O)c1ccccc1. The van der Waals surface area contributed by atoms with Crippen LogP contribution in [0.5, 0.6) is 0 Å². The molecule has 8 aromatic rings. The minimum atomic E-state index is -3.03. The van der Waals surface area contributed by atoms with Crippen molar-refractivity contribution < 1.29 is 133 Å². The van der Waals surface area contributed by atoms with E-state index in [9.17, 15) is 14.4 Å². The zero-order valence-corrected chi connectivity index (χ0v) is 70.1. The van der Waals surface area contributed by atoms with E-state index < -0.39 is 203 Å². The van der Waals surface area contributed by atoms with Crippen LogP contribution >= 0.6 is 0 Å². The fourth-order valence-corrected chi connectivity index (χ4v) is 17.0. The Bertz CT molecular complexity index is 4850. The van der Waals surface area contributed by atoms with Crippen LogP contribution in [0.25, 0.3) is 0 Å². The maximum Gasteiger partial charge on any atom is 0.340 e. The summed E-state index contributed by atoms with van der Waals surface area (Å²) in [6.07, 6.45) is -35.1. The highest BCUT2D eigenvalue weighted by Gasteiger charge is 2.64. The molecule has 28 nitrogen and oxygen atoms in total. The van der Waals surface area contributed by atoms with Crippen molar-refractivity contribution in [2.75, 3.05) is 33.0 Å². The second-order valence-corrected chi connectivity index (χ2v) is 38.1. The van der Waals surface area contributed by atoms with E-state index in [-0.39, 0.29) is 61.7 Å². The lowest BCUT2D eigenvalue weighted by atomic mass is 9.89. The summed E-state index contributed by atoms with van der Waals surface area (Å²) < 4.78 is 153. The molecule has 123 heavy (non-hydrogen) atoms. The summed E-state index contributed by atoms with van der Waals surface area (Å²) in [4.78, 5) is 89.0. The van der Waals surface area contributed by atoms with Crippen LogP contribution < -0.4 is 0 Å². The van der Waals surface area contributed by atoms with Crippen LogP contribution in [0.15, 0.2) is 243 Å². The molecule has 0 amide bonds. The number of carbonyl (C=O) groups is 6. The van der Waals surface area contributed by atoms with E-state index in [1.54, 1.807) is 159 Å². The van der Waals surface area contributed by atoms with Gasteiger partial charge in [0.15, 0.2) is 76.8 Å². The van der Waals surface area contributed by atoms with Gasteiger partial charge in [-0.05, 0) is 86.9 Å². The fourth-order valence-electron chi connectivity index (χ4n) is 15.7. The molecule has 8 saturated heterocycles. The molecule has 0 aliphatic carbocycles. The van der Waals surface area contributed by atoms with Gasteiger partial charge in [-0.15, -0.1) is 0 Å². The Kier molecular flexibility index (Phi) is 27.0. The summed E-state index contributed by atoms with van der Waals surface area (Å²) in [5.41, 5.74) is 1.33. The van der Waals surface area contributed by atoms with Gasteiger partial charge in [-0.2, -0.15) is 0 Å². The van der Waals surface area contributed by atoms with Crippen molar-refractivity contribution in [3.63, 3.8) is 0 Å². The molecule has 29 heteroatoms. The quantitative estimate of drug-likeness (QED) is 0.0291. The van der Waals surface area contributed by atoms with Gasteiger partial charge in [0.2, 0.25) is 6.29 Å². The van der Waals surface area contributed by atoms with Crippen LogP contribution in [0.3, 0.4) is 0 Å². The second-order valence-electron chi connectivity index (χ2n) is 33.3. The summed E-state index contributed by atoms with van der Waals surface area (Å²) in [5, 5.41) is -0.471. The monoisotopic (exact) mass is 1700 g/mol. The first-order valence-corrected chi connectivity index (χ1v) is 44.3. The number of ether oxygens (including phenoxy) is 21. The highest BCUT2D eigenvalue weighted by Crippen LogP contribution is 2.49. The molecule has 16 rings (SSSR count). The first-order chi connectivity index (χ1) is 59.5. The van der Waals surface area contributed by atoms with E-state index in [0.29, 0.717) is 22.3 Å². The van der Waals surface area contributed by atoms with Crippen molar-refractivity contribution in [1.82, 2.24) is 0 Å². The maximum atomic E-state index is 16.0. The van der Waals surface area contributed by atoms with Crippen molar-refractivity contribution in [2.45, 2.75) is 214 Å². The predicted octanol–water partition coefficient (Wildman–Crippen LogP) is 13.3. The third-order valence-electron chi connectivity index (χ3n) is 23.4. The summed E-state index contributed by atoms with van der Waals surface area (Å²) in [7, 11) is -3.03. The molecule has 0 spiro atoms. The Morgan fingerprint density at radius 2 is 0.585 bits per heavy atom. The maximum absolute atomic E-state index is 16.0. The van der Waals surface area contributed by atoms with Gasteiger partial charge in [0.1, 0.15) is 73.2 Å². The minimum Gasteiger partial charge on any atom is -0.466 e. The van der Waals surface area contributed by atoms with Gasteiger partial charge in [-0.3, -0.25) is 9.59 Å². The molecule has 0 bridgehead atoms. The van der Waals surface area contributed by atoms with Gasteiger partial charge in [0, 0.05) is 29.2 Å². The molecule has 0 radical (unpaired) electrons. The van der Waals surface area contributed by atoms with E-state index in [1.165, 1.54) is 31.2 Å². The number of hydrogen-bond donors (Lipinski definition) is 0. The second kappa shape index (κ2) is 38.3. The molecular formula is C94H100O28Si. The van der Waals surface area contributed by atoms with Crippen LogP contribution in [0.4, 0.5) is 0 Å². The fraction of sp³-hybridized carbons (Fsp3) is 0.426. The Morgan fingerprint density at radius 3 is 0.886 bits per heavy atom. The van der Waals surface area contributed by atoms with Crippen molar-refractivity contribution >= 4 is 44.1 Å². The van der Waals surface area contributed by atoms with Crippen molar-refractivity contribution in [1.29, 1.82) is 0 Å². The lowest BCUT2D eigenvalue weighted by molar-refractivity contribution is -0.427. The Hall–Kier alpha value is -9.84. The third kappa shape index (κ3) is 20.0. The highest BCUT2D eigenvalue weighted by atomic mass is 28.4. The largest absolute Gasteiger partial charge is 0.466 e. The van der Waals surface area contributed by atoms with E-state index in [4.69, 9.17) is 104 Å². The molecule has 0 aromatic heterocycles. The summed E-state index contributed by atoms with van der Waals surface area (Å²) in [6.45, 7) is 13.7. The van der Waals surface area contributed by atoms with Gasteiger partial charge in [-0.25, -0.2) is 19.2 Å². The first kappa shape index (κ1) is 86.7. The Labute approximate surface area is 713 Å². The number of fused-ring (bicyclic) bond motifs is 4. The zero-order chi connectivity index (χ0) is 85.5. The molecule has 0 saturated carbocycles. The summed E-state index contributed by atoms with van der Waals surface area (Å²) in [6, 6.07) is 69.2. The van der Waals surface area contributed by atoms with Crippen LogP contribution in [0.1, 0.15) is 137 Å². The molecule has 648 valence electrons. The summed E-state index contributed by atoms with van der Waals surface area (Å²) >= 11 is 0. The molecule has 8 fully saturated rings. The Balaban J connectivity index is 0.858. The predicted molar refractivity (Wildman–Crippen MR) is 435 cm³/mol. The molecule has 8 heterocycles. The van der Waals surface area contributed by atoms with E-state index >= 15 is 14.4 Å². The van der Waals surface area contributed by atoms with Crippen molar-refractivity contribution in [2.24, 2.45) is 5.41 Å². The lowest BCUT2D eigenvalue weighted by Gasteiger charge is -2.55. The van der Waals surface area contributed by atoms with E-state index in [1.807, 2.05) is 72.8 Å². The van der Waals surface area contributed by atoms with E-state index in [2.05, 4.69) is 33.9 Å². The molecule has 0 N–H and O–H groups in total. The molecular weight excluding hydrogens is 1610 g/mol. The third-order valence-corrected chi connectivity index (χ3v) is 27.8. The molecule has 24 atom stereocenters.